The van der Waals surface area contributed by atoms with Gasteiger partial charge in [-0.3, -0.25) is 0 Å². The second kappa shape index (κ2) is 9.96. The van der Waals surface area contributed by atoms with Crippen molar-refractivity contribution in [1.29, 1.82) is 0 Å². The van der Waals surface area contributed by atoms with Gasteiger partial charge in [-0.1, -0.05) is 6.08 Å². The Morgan fingerprint density at radius 1 is 1.00 bits per heavy atom. The predicted molar refractivity (Wildman–Crippen MR) is 66.6 cm³/mol. The van der Waals surface area contributed by atoms with Gasteiger partial charge < -0.3 is 21.3 Å². The van der Waals surface area contributed by atoms with Gasteiger partial charge in [-0.05, 0) is 45.7 Å². The fourth-order valence-corrected chi connectivity index (χ4v) is 1.27. The number of nitrogens with two attached hydrogens (primary N) is 2. The molecular weight excluding hydrogens is 188 g/mol. The summed E-state index contributed by atoms with van der Waals surface area (Å²) in [5, 5.41) is 0. The van der Waals surface area contributed by atoms with Crippen LogP contribution in [0.1, 0.15) is 12.8 Å². The van der Waals surface area contributed by atoms with Gasteiger partial charge in [-0.25, -0.2) is 0 Å². The minimum atomic E-state index is 0.759. The van der Waals surface area contributed by atoms with Crippen LogP contribution in [-0.2, 0) is 0 Å². The van der Waals surface area contributed by atoms with Gasteiger partial charge in [0.1, 0.15) is 0 Å². The van der Waals surface area contributed by atoms with Crippen LogP contribution in [0.2, 0.25) is 0 Å². The van der Waals surface area contributed by atoms with Crippen molar-refractivity contribution in [3.8, 4) is 0 Å². The SMILES string of the molecule is CN(C=CCN(C)CCCN)CCCN. The lowest BCUT2D eigenvalue weighted by Gasteiger charge is -2.15. The molecule has 0 atom stereocenters. The quantitative estimate of drug-likeness (QED) is 0.570. The maximum absolute atomic E-state index is 5.44. The first-order valence-corrected chi connectivity index (χ1v) is 5.66. The molecule has 4 nitrogen and oxygen atoms in total. The van der Waals surface area contributed by atoms with Crippen LogP contribution < -0.4 is 11.5 Å². The van der Waals surface area contributed by atoms with E-state index in [4.69, 9.17) is 11.5 Å². The van der Waals surface area contributed by atoms with Crippen LogP contribution in [0.3, 0.4) is 0 Å². The third-order valence-electron chi connectivity index (χ3n) is 2.24. The van der Waals surface area contributed by atoms with E-state index in [-0.39, 0.29) is 0 Å². The van der Waals surface area contributed by atoms with Gasteiger partial charge in [0.2, 0.25) is 0 Å². The lowest BCUT2D eigenvalue weighted by molar-refractivity contribution is 0.362. The van der Waals surface area contributed by atoms with Crippen LogP contribution in [0.4, 0.5) is 0 Å². The number of likely N-dealkylation sites (N-methyl/N-ethyl adjacent to an activating group) is 1. The van der Waals surface area contributed by atoms with E-state index in [1.807, 2.05) is 0 Å². The monoisotopic (exact) mass is 214 g/mol. The van der Waals surface area contributed by atoms with Gasteiger partial charge in [0.25, 0.3) is 0 Å². The van der Waals surface area contributed by atoms with Gasteiger partial charge in [0.05, 0.1) is 0 Å². The molecule has 0 aliphatic rings. The summed E-state index contributed by atoms with van der Waals surface area (Å²) in [6, 6.07) is 0. The Morgan fingerprint density at radius 3 is 2.20 bits per heavy atom. The van der Waals surface area contributed by atoms with Crippen LogP contribution in [0.5, 0.6) is 0 Å². The maximum Gasteiger partial charge on any atom is 0.0181 e. The standard InChI is InChI=1S/C11H26N4/c1-14(8-3-6-12)10-5-11-15(2)9-4-7-13/h5,10H,3-4,6-9,11-13H2,1-2H3. The summed E-state index contributed by atoms with van der Waals surface area (Å²) < 4.78 is 0. The Kier molecular flexibility index (Phi) is 9.57. The molecule has 0 saturated heterocycles. The molecule has 0 fully saturated rings. The normalized spacial score (nSPS) is 11.5. The highest BCUT2D eigenvalue weighted by atomic mass is 15.1. The Morgan fingerprint density at radius 2 is 1.60 bits per heavy atom. The van der Waals surface area contributed by atoms with Crippen molar-refractivity contribution in [2.75, 3.05) is 46.8 Å². The summed E-state index contributed by atoms with van der Waals surface area (Å²) in [5.41, 5.74) is 10.9. The Balaban J connectivity index is 3.50. The van der Waals surface area contributed by atoms with E-state index >= 15 is 0 Å². The first-order valence-electron chi connectivity index (χ1n) is 5.66. The number of hydrogen-bond donors (Lipinski definition) is 2. The van der Waals surface area contributed by atoms with Crippen molar-refractivity contribution in [3.63, 3.8) is 0 Å². The first-order chi connectivity index (χ1) is 7.20. The topological polar surface area (TPSA) is 58.5 Å². The van der Waals surface area contributed by atoms with Crippen molar-refractivity contribution in [3.05, 3.63) is 12.3 Å². The Labute approximate surface area is 93.9 Å². The average molecular weight is 214 g/mol. The molecule has 0 bridgehead atoms. The predicted octanol–water partition coefficient (Wildman–Crippen LogP) is 0.0613. The van der Waals surface area contributed by atoms with E-state index in [1.54, 1.807) is 0 Å². The van der Waals surface area contributed by atoms with Crippen LogP contribution in [0, 0.1) is 0 Å². The van der Waals surface area contributed by atoms with Crippen molar-refractivity contribution in [2.24, 2.45) is 11.5 Å². The molecule has 0 saturated carbocycles. The summed E-state index contributed by atoms with van der Waals surface area (Å²) in [7, 11) is 4.19. The highest BCUT2D eigenvalue weighted by molar-refractivity contribution is 4.83. The zero-order chi connectivity index (χ0) is 11.5. The molecule has 0 amide bonds. The zero-order valence-corrected chi connectivity index (χ0v) is 10.2. The molecule has 4 N–H and O–H groups in total. The van der Waals surface area contributed by atoms with Gasteiger partial charge in [-0.15, -0.1) is 0 Å². The second-order valence-corrected chi connectivity index (χ2v) is 3.91. The maximum atomic E-state index is 5.44. The van der Waals surface area contributed by atoms with E-state index in [0.717, 1.165) is 45.6 Å². The lowest BCUT2D eigenvalue weighted by Crippen LogP contribution is -2.22. The van der Waals surface area contributed by atoms with Crippen molar-refractivity contribution >= 4 is 0 Å². The molecule has 0 aromatic rings. The smallest absolute Gasteiger partial charge is 0.0181 e. The molecule has 0 heterocycles. The molecule has 0 aliphatic heterocycles. The van der Waals surface area contributed by atoms with Crippen LogP contribution in [-0.4, -0.2) is 56.6 Å². The van der Waals surface area contributed by atoms with Crippen LogP contribution >= 0.6 is 0 Å². The minimum absolute atomic E-state index is 0.759. The lowest BCUT2D eigenvalue weighted by atomic mass is 10.4. The van der Waals surface area contributed by atoms with Gasteiger partial charge >= 0.3 is 0 Å². The van der Waals surface area contributed by atoms with E-state index in [2.05, 4.69) is 36.2 Å². The highest BCUT2D eigenvalue weighted by Gasteiger charge is 1.94. The van der Waals surface area contributed by atoms with E-state index < -0.39 is 0 Å². The molecular formula is C11H26N4. The van der Waals surface area contributed by atoms with Gasteiger partial charge in [-0.2, -0.15) is 0 Å². The molecule has 0 rings (SSSR count). The first kappa shape index (κ1) is 14.4. The summed E-state index contributed by atoms with van der Waals surface area (Å²) >= 11 is 0. The molecule has 0 radical (unpaired) electrons. The number of hydrogen-bond acceptors (Lipinski definition) is 4. The van der Waals surface area contributed by atoms with Gasteiger partial charge in [0.15, 0.2) is 0 Å². The minimum Gasteiger partial charge on any atom is -0.381 e. The number of rotatable bonds is 9. The molecule has 0 aromatic heterocycles. The second-order valence-electron chi connectivity index (χ2n) is 3.91. The average Bonchev–Trinajstić information content (AvgIpc) is 2.23. The third-order valence-corrected chi connectivity index (χ3v) is 2.24. The Hall–Kier alpha value is -0.580. The molecule has 4 heteroatoms. The summed E-state index contributed by atoms with van der Waals surface area (Å²) in [4.78, 5) is 4.43. The summed E-state index contributed by atoms with van der Waals surface area (Å²) in [5.74, 6) is 0. The fourth-order valence-electron chi connectivity index (χ4n) is 1.27. The molecule has 90 valence electrons. The fraction of sp³-hybridized carbons (Fsp3) is 0.818. The molecule has 0 unspecified atom stereocenters. The van der Waals surface area contributed by atoms with Crippen LogP contribution in [0.25, 0.3) is 0 Å². The van der Waals surface area contributed by atoms with E-state index in [0.29, 0.717) is 0 Å². The summed E-state index contributed by atoms with van der Waals surface area (Å²) in [6.07, 6.45) is 6.40. The third kappa shape index (κ3) is 9.72. The van der Waals surface area contributed by atoms with E-state index in [9.17, 15) is 0 Å². The zero-order valence-electron chi connectivity index (χ0n) is 10.2. The molecule has 15 heavy (non-hydrogen) atoms. The van der Waals surface area contributed by atoms with Crippen molar-refractivity contribution in [2.45, 2.75) is 12.8 Å². The summed E-state index contributed by atoms with van der Waals surface area (Å²) in [6.45, 7) is 4.60. The van der Waals surface area contributed by atoms with Crippen molar-refractivity contribution < 1.29 is 0 Å². The van der Waals surface area contributed by atoms with Crippen LogP contribution in [0.15, 0.2) is 12.3 Å². The van der Waals surface area contributed by atoms with Crippen molar-refractivity contribution in [1.82, 2.24) is 9.80 Å². The number of nitrogens with zero attached hydrogens (tertiary/aromatic N) is 2. The molecule has 0 spiro atoms. The highest BCUT2D eigenvalue weighted by Crippen LogP contribution is 1.90. The van der Waals surface area contributed by atoms with E-state index in [1.165, 1.54) is 0 Å². The molecule has 0 aliphatic carbocycles. The largest absolute Gasteiger partial charge is 0.381 e. The Bertz CT molecular complexity index is 159. The molecule has 0 aromatic carbocycles. The van der Waals surface area contributed by atoms with Gasteiger partial charge in [0, 0.05) is 20.1 Å².